The molecular formula is C16H26N4O4S. The van der Waals surface area contributed by atoms with E-state index in [1.165, 1.54) is 4.31 Å². The van der Waals surface area contributed by atoms with Crippen LogP contribution in [-0.4, -0.2) is 60.4 Å². The van der Waals surface area contributed by atoms with Gasteiger partial charge >= 0.3 is 0 Å². The summed E-state index contributed by atoms with van der Waals surface area (Å²) in [6.45, 7) is 4.45. The van der Waals surface area contributed by atoms with E-state index in [1.54, 1.807) is 18.7 Å². The number of sulfonamides is 1. The maximum absolute atomic E-state index is 12.8. The van der Waals surface area contributed by atoms with Crippen molar-refractivity contribution in [3.8, 4) is 0 Å². The van der Waals surface area contributed by atoms with Crippen LogP contribution in [0.15, 0.2) is 9.42 Å². The Kier molecular flexibility index (Phi) is 4.91. The van der Waals surface area contributed by atoms with Crippen molar-refractivity contribution in [2.45, 2.75) is 56.4 Å². The zero-order valence-electron chi connectivity index (χ0n) is 14.8. The maximum Gasteiger partial charge on any atom is 0.248 e. The van der Waals surface area contributed by atoms with Crippen LogP contribution in [0, 0.1) is 13.8 Å². The summed E-state index contributed by atoms with van der Waals surface area (Å²) in [7, 11) is -3.66. The molecule has 140 valence electrons. The lowest BCUT2D eigenvalue weighted by Gasteiger charge is -2.40. The molecule has 1 aliphatic carbocycles. The molecule has 9 heteroatoms. The lowest BCUT2D eigenvalue weighted by Crippen LogP contribution is -2.60. The fraction of sp³-hybridized carbons (Fsp3) is 0.750. The molecule has 1 saturated heterocycles. The first kappa shape index (κ1) is 18.3. The predicted octanol–water partition coefficient (Wildman–Crippen LogP) is 0.786. The average Bonchev–Trinajstić information content (AvgIpc) is 2.94. The molecule has 2 heterocycles. The van der Waals surface area contributed by atoms with Gasteiger partial charge in [-0.05, 0) is 26.7 Å². The molecule has 0 atom stereocenters. The van der Waals surface area contributed by atoms with Gasteiger partial charge in [-0.3, -0.25) is 4.79 Å². The zero-order chi connectivity index (χ0) is 18.2. The molecule has 3 rings (SSSR count). The molecule has 1 aliphatic heterocycles. The third-order valence-corrected chi connectivity index (χ3v) is 7.41. The van der Waals surface area contributed by atoms with Gasteiger partial charge in [-0.25, -0.2) is 8.42 Å². The van der Waals surface area contributed by atoms with E-state index in [1.807, 2.05) is 0 Å². The summed E-state index contributed by atoms with van der Waals surface area (Å²) in [4.78, 5) is 14.6. The van der Waals surface area contributed by atoms with Crippen molar-refractivity contribution in [3.05, 3.63) is 11.5 Å². The minimum Gasteiger partial charge on any atom is -0.360 e. The van der Waals surface area contributed by atoms with Crippen molar-refractivity contribution in [2.75, 3.05) is 26.2 Å². The second kappa shape index (κ2) is 6.69. The van der Waals surface area contributed by atoms with Gasteiger partial charge in [0.25, 0.3) is 0 Å². The van der Waals surface area contributed by atoms with Crippen LogP contribution in [0.3, 0.4) is 0 Å². The zero-order valence-corrected chi connectivity index (χ0v) is 15.6. The molecule has 8 nitrogen and oxygen atoms in total. The number of piperazine rings is 1. The molecule has 25 heavy (non-hydrogen) atoms. The molecule has 1 aromatic heterocycles. The van der Waals surface area contributed by atoms with Crippen molar-refractivity contribution in [2.24, 2.45) is 5.73 Å². The monoisotopic (exact) mass is 370 g/mol. The van der Waals surface area contributed by atoms with E-state index < -0.39 is 15.6 Å². The van der Waals surface area contributed by atoms with Crippen LogP contribution in [0.2, 0.25) is 0 Å². The Morgan fingerprint density at radius 3 is 2.24 bits per heavy atom. The Bertz CT molecular complexity index is 725. The minimum atomic E-state index is -3.66. The van der Waals surface area contributed by atoms with Gasteiger partial charge in [0.1, 0.15) is 10.6 Å². The smallest absolute Gasteiger partial charge is 0.248 e. The number of carbonyl (C=O) groups excluding carboxylic acids is 1. The Labute approximate surface area is 148 Å². The number of nitrogens with zero attached hydrogens (tertiary/aromatic N) is 3. The highest BCUT2D eigenvalue weighted by atomic mass is 32.2. The summed E-state index contributed by atoms with van der Waals surface area (Å²) >= 11 is 0. The number of nitrogens with two attached hydrogens (primary N) is 1. The van der Waals surface area contributed by atoms with Gasteiger partial charge in [-0.1, -0.05) is 24.4 Å². The maximum atomic E-state index is 12.8. The summed E-state index contributed by atoms with van der Waals surface area (Å²) in [6.07, 6.45) is 4.49. The van der Waals surface area contributed by atoms with Crippen molar-refractivity contribution in [3.63, 3.8) is 0 Å². The first-order valence-corrected chi connectivity index (χ1v) is 10.2. The molecule has 2 fully saturated rings. The third-order valence-electron chi connectivity index (χ3n) is 5.26. The third kappa shape index (κ3) is 3.32. The summed E-state index contributed by atoms with van der Waals surface area (Å²) in [5, 5.41) is 3.73. The molecule has 0 aromatic carbocycles. The van der Waals surface area contributed by atoms with Crippen LogP contribution < -0.4 is 5.73 Å². The second-order valence-corrected chi connectivity index (χ2v) is 8.94. The van der Waals surface area contributed by atoms with E-state index >= 15 is 0 Å². The summed E-state index contributed by atoms with van der Waals surface area (Å²) < 4.78 is 32.0. The number of amides is 1. The van der Waals surface area contributed by atoms with E-state index in [0.717, 1.165) is 19.3 Å². The number of rotatable bonds is 3. The first-order chi connectivity index (χ1) is 11.8. The number of hydrogen-bond acceptors (Lipinski definition) is 6. The van der Waals surface area contributed by atoms with Crippen molar-refractivity contribution in [1.82, 2.24) is 14.4 Å². The van der Waals surface area contributed by atoms with Crippen LogP contribution in [0.4, 0.5) is 0 Å². The van der Waals surface area contributed by atoms with Crippen molar-refractivity contribution in [1.29, 1.82) is 0 Å². The molecule has 1 amide bonds. The minimum absolute atomic E-state index is 0.0402. The average molecular weight is 370 g/mol. The fourth-order valence-electron chi connectivity index (χ4n) is 3.81. The van der Waals surface area contributed by atoms with E-state index in [9.17, 15) is 13.2 Å². The Morgan fingerprint density at radius 1 is 1.12 bits per heavy atom. The lowest BCUT2D eigenvalue weighted by molar-refractivity contribution is -0.139. The van der Waals surface area contributed by atoms with E-state index in [2.05, 4.69) is 5.16 Å². The highest BCUT2D eigenvalue weighted by Crippen LogP contribution is 2.29. The van der Waals surface area contributed by atoms with Gasteiger partial charge in [0.2, 0.25) is 15.9 Å². The van der Waals surface area contributed by atoms with Crippen molar-refractivity contribution >= 4 is 15.9 Å². The molecule has 0 bridgehead atoms. The summed E-state index contributed by atoms with van der Waals surface area (Å²) in [5.41, 5.74) is 5.91. The molecule has 0 radical (unpaired) electrons. The SMILES string of the molecule is Cc1noc(C)c1S(=O)(=O)N1CCN(C(=O)C2(N)CCCCC2)CC1. The number of carbonyl (C=O) groups is 1. The van der Waals surface area contributed by atoms with E-state index in [4.69, 9.17) is 10.3 Å². The Hall–Kier alpha value is -1.45. The van der Waals surface area contributed by atoms with Crippen LogP contribution >= 0.6 is 0 Å². The van der Waals surface area contributed by atoms with Gasteiger partial charge in [-0.15, -0.1) is 0 Å². The molecular weight excluding hydrogens is 344 g/mol. The van der Waals surface area contributed by atoms with E-state index in [-0.39, 0.29) is 23.9 Å². The molecule has 0 unspecified atom stereocenters. The molecule has 1 saturated carbocycles. The largest absolute Gasteiger partial charge is 0.360 e. The van der Waals surface area contributed by atoms with Crippen LogP contribution in [-0.2, 0) is 14.8 Å². The highest BCUT2D eigenvalue weighted by molar-refractivity contribution is 7.89. The number of aryl methyl sites for hydroxylation is 2. The summed E-state index contributed by atoms with van der Waals surface area (Å²) in [6, 6.07) is 0. The molecule has 1 aromatic rings. The standard InChI is InChI=1S/C16H26N4O4S/c1-12-14(13(2)24-18-12)25(22,23)20-10-8-19(9-11-20)15(21)16(17)6-4-3-5-7-16/h3-11,17H2,1-2H3. The van der Waals surface area contributed by atoms with E-state index in [0.29, 0.717) is 37.4 Å². The first-order valence-electron chi connectivity index (χ1n) is 8.77. The van der Waals surface area contributed by atoms with Crippen LogP contribution in [0.25, 0.3) is 0 Å². The summed E-state index contributed by atoms with van der Waals surface area (Å²) in [5.74, 6) is 0.251. The quantitative estimate of drug-likeness (QED) is 0.842. The predicted molar refractivity (Wildman–Crippen MR) is 91.3 cm³/mol. The Morgan fingerprint density at radius 2 is 1.72 bits per heavy atom. The van der Waals surface area contributed by atoms with Crippen LogP contribution in [0.5, 0.6) is 0 Å². The van der Waals surface area contributed by atoms with Gasteiger partial charge in [0.05, 0.1) is 5.54 Å². The van der Waals surface area contributed by atoms with Gasteiger partial charge in [0.15, 0.2) is 5.76 Å². The normalized spacial score (nSPS) is 22.1. The van der Waals surface area contributed by atoms with Gasteiger partial charge in [0, 0.05) is 26.2 Å². The lowest BCUT2D eigenvalue weighted by atomic mass is 9.81. The molecule has 0 spiro atoms. The molecule has 2 N–H and O–H groups in total. The molecule has 2 aliphatic rings. The highest BCUT2D eigenvalue weighted by Gasteiger charge is 2.41. The van der Waals surface area contributed by atoms with Crippen LogP contribution in [0.1, 0.15) is 43.6 Å². The number of aromatic nitrogens is 1. The number of hydrogen-bond donors (Lipinski definition) is 1. The Balaban J connectivity index is 1.68. The van der Waals surface area contributed by atoms with Gasteiger partial charge in [-0.2, -0.15) is 4.31 Å². The fourth-order valence-corrected chi connectivity index (χ4v) is 5.53. The topological polar surface area (TPSA) is 110 Å². The van der Waals surface area contributed by atoms with Gasteiger partial charge < -0.3 is 15.2 Å². The second-order valence-electron chi connectivity index (χ2n) is 7.07. The van der Waals surface area contributed by atoms with Crippen molar-refractivity contribution < 1.29 is 17.7 Å².